The molecule has 0 bridgehead atoms. The lowest BCUT2D eigenvalue weighted by Gasteiger charge is -2.06. The summed E-state index contributed by atoms with van der Waals surface area (Å²) in [6, 6.07) is 13.4. The Balaban J connectivity index is 1.89. The van der Waals surface area contributed by atoms with E-state index in [1.165, 1.54) is 0 Å². The minimum atomic E-state index is -0.0895. The Kier molecular flexibility index (Phi) is 4.72. The van der Waals surface area contributed by atoms with Crippen LogP contribution in [0, 0.1) is 6.92 Å². The largest absolute Gasteiger partial charge is 0.497 e. The molecule has 0 aliphatic heterocycles. The van der Waals surface area contributed by atoms with Crippen molar-refractivity contribution < 1.29 is 4.74 Å². The van der Waals surface area contributed by atoms with Crippen molar-refractivity contribution in [2.75, 3.05) is 7.11 Å². The quantitative estimate of drug-likeness (QED) is 0.745. The minimum Gasteiger partial charge on any atom is -0.497 e. The molecule has 0 spiro atoms. The lowest BCUT2D eigenvalue weighted by atomic mass is 10.0. The van der Waals surface area contributed by atoms with Gasteiger partial charge in [0, 0.05) is 21.5 Å². The van der Waals surface area contributed by atoms with Gasteiger partial charge in [0.05, 0.1) is 7.11 Å². The first kappa shape index (κ1) is 16.3. The van der Waals surface area contributed by atoms with E-state index >= 15 is 0 Å². The minimum absolute atomic E-state index is 0.0895. The zero-order valence-electron chi connectivity index (χ0n) is 13.6. The number of methoxy groups -OCH3 is 1. The number of nitrogens with one attached hydrogen (secondary N) is 1. The summed E-state index contributed by atoms with van der Waals surface area (Å²) in [6.07, 6.45) is 4.62. The predicted molar refractivity (Wildman–Crippen MR) is 100 cm³/mol. The van der Waals surface area contributed by atoms with Crippen LogP contribution in [0.15, 0.2) is 53.3 Å². The number of allylic oxidation sites excluding steroid dienone is 1. The van der Waals surface area contributed by atoms with Crippen LogP contribution >= 0.6 is 11.6 Å². The van der Waals surface area contributed by atoms with Crippen LogP contribution in [0.5, 0.6) is 5.75 Å². The van der Waals surface area contributed by atoms with E-state index in [1.54, 1.807) is 13.2 Å². The third kappa shape index (κ3) is 3.36. The fourth-order valence-electron chi connectivity index (χ4n) is 2.72. The Bertz CT molecular complexity index is 956. The molecule has 0 atom stereocenters. The smallest absolute Gasteiger partial charge is 0.255 e. The van der Waals surface area contributed by atoms with Crippen molar-refractivity contribution in [3.05, 3.63) is 80.6 Å². The molecule has 1 heterocycles. The third-order valence-corrected chi connectivity index (χ3v) is 4.31. The Labute approximate surface area is 145 Å². The second kappa shape index (κ2) is 6.93. The van der Waals surface area contributed by atoms with Crippen LogP contribution in [0.2, 0.25) is 5.02 Å². The number of hydrogen-bond donors (Lipinski definition) is 1. The Morgan fingerprint density at radius 2 is 1.92 bits per heavy atom. The maximum atomic E-state index is 12.3. The number of ether oxygens (including phenoxy) is 1. The van der Waals surface area contributed by atoms with Crippen LogP contribution in [0.1, 0.15) is 16.7 Å². The van der Waals surface area contributed by atoms with Crippen LogP contribution in [0.25, 0.3) is 17.0 Å². The van der Waals surface area contributed by atoms with E-state index in [9.17, 15) is 4.79 Å². The summed E-state index contributed by atoms with van der Waals surface area (Å²) in [5.41, 5.74) is 3.47. The number of hydrogen-bond acceptors (Lipinski definition) is 2. The number of halogens is 1. The van der Waals surface area contributed by atoms with Gasteiger partial charge in [0.15, 0.2) is 0 Å². The summed E-state index contributed by atoms with van der Waals surface area (Å²) >= 11 is 6.07. The molecule has 122 valence electrons. The summed E-state index contributed by atoms with van der Waals surface area (Å²) in [5.74, 6) is 0.835. The van der Waals surface area contributed by atoms with Gasteiger partial charge in [-0.1, -0.05) is 35.9 Å². The van der Waals surface area contributed by atoms with Crippen LogP contribution in [0.3, 0.4) is 0 Å². The van der Waals surface area contributed by atoms with E-state index in [-0.39, 0.29) is 5.56 Å². The van der Waals surface area contributed by atoms with Gasteiger partial charge in [-0.15, -0.1) is 0 Å². The third-order valence-electron chi connectivity index (χ3n) is 4.08. The highest BCUT2D eigenvalue weighted by molar-refractivity contribution is 6.31. The number of aryl methyl sites for hydroxylation is 1. The van der Waals surface area contributed by atoms with Gasteiger partial charge in [0.2, 0.25) is 0 Å². The number of fused-ring (bicyclic) bond motifs is 1. The van der Waals surface area contributed by atoms with Gasteiger partial charge in [0.25, 0.3) is 5.56 Å². The maximum Gasteiger partial charge on any atom is 0.255 e. The van der Waals surface area contributed by atoms with E-state index in [0.717, 1.165) is 34.2 Å². The highest BCUT2D eigenvalue weighted by Gasteiger charge is 2.07. The Hall–Kier alpha value is -2.52. The highest BCUT2D eigenvalue weighted by Crippen LogP contribution is 2.22. The second-order valence-corrected chi connectivity index (χ2v) is 6.07. The Morgan fingerprint density at radius 1 is 1.17 bits per heavy atom. The fourth-order valence-corrected chi connectivity index (χ4v) is 2.89. The molecule has 0 amide bonds. The average Bonchev–Trinajstić information content (AvgIpc) is 2.59. The lowest BCUT2D eigenvalue weighted by molar-refractivity contribution is 0.414. The molecule has 1 N–H and O–H groups in total. The van der Waals surface area contributed by atoms with E-state index in [4.69, 9.17) is 16.3 Å². The second-order valence-electron chi connectivity index (χ2n) is 5.64. The van der Waals surface area contributed by atoms with Crippen molar-refractivity contribution in [1.29, 1.82) is 0 Å². The molecular weight excluding hydrogens is 322 g/mol. The molecule has 1 aromatic heterocycles. The molecule has 0 aliphatic carbocycles. The summed E-state index contributed by atoms with van der Waals surface area (Å²) in [7, 11) is 1.65. The van der Waals surface area contributed by atoms with Crippen molar-refractivity contribution in [2.45, 2.75) is 13.3 Å². The first-order valence-corrected chi connectivity index (χ1v) is 8.08. The molecule has 3 nitrogen and oxygen atoms in total. The Morgan fingerprint density at radius 3 is 2.62 bits per heavy atom. The number of rotatable bonds is 4. The lowest BCUT2D eigenvalue weighted by Crippen LogP contribution is -2.11. The van der Waals surface area contributed by atoms with Crippen LogP contribution in [0.4, 0.5) is 0 Å². The van der Waals surface area contributed by atoms with E-state index in [0.29, 0.717) is 10.6 Å². The number of pyridine rings is 1. The number of benzene rings is 2. The molecule has 0 aliphatic rings. The molecule has 0 saturated carbocycles. The van der Waals surface area contributed by atoms with Crippen molar-refractivity contribution in [2.24, 2.45) is 0 Å². The first-order valence-electron chi connectivity index (χ1n) is 7.70. The van der Waals surface area contributed by atoms with Crippen LogP contribution in [-0.2, 0) is 6.42 Å². The summed E-state index contributed by atoms with van der Waals surface area (Å²) in [6.45, 7) is 1.95. The molecular formula is C20H18ClNO2. The molecule has 3 rings (SSSR count). The van der Waals surface area contributed by atoms with Gasteiger partial charge in [0.1, 0.15) is 5.75 Å². The van der Waals surface area contributed by atoms with Gasteiger partial charge >= 0.3 is 0 Å². The first-order chi connectivity index (χ1) is 11.6. The van der Waals surface area contributed by atoms with Gasteiger partial charge in [-0.3, -0.25) is 4.79 Å². The van der Waals surface area contributed by atoms with Crippen LogP contribution < -0.4 is 10.3 Å². The molecule has 0 saturated heterocycles. The average molecular weight is 340 g/mol. The normalized spacial score (nSPS) is 11.3. The highest BCUT2D eigenvalue weighted by atomic mass is 35.5. The van der Waals surface area contributed by atoms with Gasteiger partial charge in [-0.25, -0.2) is 0 Å². The number of aromatic nitrogens is 1. The molecule has 0 fully saturated rings. The number of aromatic amines is 1. The standard InChI is InChI=1S/C20H18ClNO2/c1-13-17(5-3-4-14-6-9-16(24-2)10-7-14)20(23)22-19-11-8-15(21)12-18(13)19/h3,5-12H,4H2,1-2H3,(H,22,23)/b5-3+. The van der Waals surface area contributed by atoms with Crippen molar-refractivity contribution in [1.82, 2.24) is 4.98 Å². The van der Waals surface area contributed by atoms with Crippen LogP contribution in [-0.4, -0.2) is 12.1 Å². The zero-order valence-corrected chi connectivity index (χ0v) is 14.4. The van der Waals surface area contributed by atoms with Gasteiger partial charge in [-0.2, -0.15) is 0 Å². The van der Waals surface area contributed by atoms with Crippen molar-refractivity contribution >= 4 is 28.6 Å². The van der Waals surface area contributed by atoms with E-state index in [1.807, 2.05) is 55.5 Å². The molecule has 24 heavy (non-hydrogen) atoms. The van der Waals surface area contributed by atoms with Gasteiger partial charge in [-0.05, 0) is 54.8 Å². The van der Waals surface area contributed by atoms with Crippen molar-refractivity contribution in [3.63, 3.8) is 0 Å². The zero-order chi connectivity index (χ0) is 17.1. The molecule has 0 unspecified atom stereocenters. The fraction of sp³-hybridized carbons (Fsp3) is 0.150. The SMILES string of the molecule is COc1ccc(C/C=C/c2c(C)c3cc(Cl)ccc3[nH]c2=O)cc1. The number of H-pyrrole nitrogens is 1. The van der Waals surface area contributed by atoms with Gasteiger partial charge < -0.3 is 9.72 Å². The summed E-state index contributed by atoms with van der Waals surface area (Å²) in [4.78, 5) is 15.2. The van der Waals surface area contributed by atoms with Crippen molar-refractivity contribution in [3.8, 4) is 5.75 Å². The summed E-state index contributed by atoms with van der Waals surface area (Å²) < 4.78 is 5.15. The molecule has 0 radical (unpaired) electrons. The maximum absolute atomic E-state index is 12.3. The molecule has 3 aromatic rings. The summed E-state index contributed by atoms with van der Waals surface area (Å²) in [5, 5.41) is 1.62. The predicted octanol–water partition coefficient (Wildman–Crippen LogP) is 4.75. The van der Waals surface area contributed by atoms with E-state index in [2.05, 4.69) is 4.98 Å². The monoisotopic (exact) mass is 339 g/mol. The molecule has 2 aromatic carbocycles. The topological polar surface area (TPSA) is 42.1 Å². The van der Waals surface area contributed by atoms with E-state index < -0.39 is 0 Å². The molecule has 4 heteroatoms.